The minimum atomic E-state index is 0.456. The zero-order chi connectivity index (χ0) is 22.6. The summed E-state index contributed by atoms with van der Waals surface area (Å²) in [5.74, 6) is 3.05. The summed E-state index contributed by atoms with van der Waals surface area (Å²) < 4.78 is 12.5. The number of nitrogens with zero attached hydrogens (tertiary/aromatic N) is 6. The van der Waals surface area contributed by atoms with Crippen molar-refractivity contribution in [3.05, 3.63) is 53.9 Å². The first-order valence-electron chi connectivity index (χ1n) is 10.8. The summed E-state index contributed by atoms with van der Waals surface area (Å²) in [6, 6.07) is 9.93. The highest BCUT2D eigenvalue weighted by Crippen LogP contribution is 2.27. The van der Waals surface area contributed by atoms with E-state index in [9.17, 15) is 0 Å². The number of ether oxygens (including phenoxy) is 1. The lowest BCUT2D eigenvalue weighted by Gasteiger charge is -2.20. The number of H-pyrrole nitrogens is 1. The van der Waals surface area contributed by atoms with Crippen LogP contribution in [0.3, 0.4) is 0 Å². The fraction of sp³-hybridized carbons (Fsp3) is 0.318. The highest BCUT2D eigenvalue weighted by Gasteiger charge is 2.19. The predicted molar refractivity (Wildman–Crippen MR) is 121 cm³/mol. The van der Waals surface area contributed by atoms with Gasteiger partial charge in [0.25, 0.3) is 0 Å². The van der Waals surface area contributed by atoms with Crippen molar-refractivity contribution < 1.29 is 9.15 Å². The minimum Gasteiger partial charge on any atom is -0.497 e. The summed E-state index contributed by atoms with van der Waals surface area (Å²) in [4.78, 5) is 6.93. The number of hydrogen-bond acceptors (Lipinski definition) is 8. The van der Waals surface area contributed by atoms with Crippen LogP contribution in [0.4, 0.5) is 5.82 Å². The molecule has 33 heavy (non-hydrogen) atoms. The maximum atomic E-state index is 7.31. The van der Waals surface area contributed by atoms with Crippen molar-refractivity contribution in [1.82, 2.24) is 29.9 Å². The molecule has 3 N–H and O–H groups in total. The number of methoxy groups -OCH3 is 1. The van der Waals surface area contributed by atoms with Gasteiger partial charge in [0.1, 0.15) is 5.75 Å². The smallest absolute Gasteiger partial charge is 0.217 e. The van der Waals surface area contributed by atoms with Crippen molar-refractivity contribution in [1.29, 1.82) is 5.53 Å². The maximum Gasteiger partial charge on any atom is 0.217 e. The normalized spacial score (nSPS) is 14.0. The van der Waals surface area contributed by atoms with Crippen LogP contribution < -0.4 is 10.2 Å². The van der Waals surface area contributed by atoms with E-state index in [1.807, 2.05) is 10.7 Å². The SMILES string of the molecule is COc1ccc2c(c1)CCN(CCn1ncc(-c3nc(-c4ccco4)n[nH]3)c1NN=N)CC2. The number of rotatable bonds is 8. The molecule has 1 aromatic carbocycles. The van der Waals surface area contributed by atoms with Crippen molar-refractivity contribution in [2.45, 2.75) is 19.4 Å². The fourth-order valence-corrected chi connectivity index (χ4v) is 4.13. The third kappa shape index (κ3) is 4.35. The molecule has 0 spiro atoms. The summed E-state index contributed by atoms with van der Waals surface area (Å²) in [6.45, 7) is 3.42. The van der Waals surface area contributed by atoms with Crippen molar-refractivity contribution in [3.8, 4) is 28.7 Å². The Morgan fingerprint density at radius 1 is 1.21 bits per heavy atom. The topological polar surface area (TPSA) is 133 Å². The lowest BCUT2D eigenvalue weighted by molar-refractivity contribution is 0.271. The second kappa shape index (κ2) is 9.25. The molecule has 1 aliphatic rings. The Bertz CT molecular complexity index is 1230. The first-order valence-corrected chi connectivity index (χ1v) is 10.8. The van der Waals surface area contributed by atoms with Gasteiger partial charge in [-0.3, -0.25) is 5.10 Å². The molecule has 3 aromatic heterocycles. The highest BCUT2D eigenvalue weighted by molar-refractivity contribution is 5.70. The van der Waals surface area contributed by atoms with Crippen LogP contribution in [0, 0.1) is 5.53 Å². The molecule has 0 amide bonds. The highest BCUT2D eigenvalue weighted by atomic mass is 16.5. The molecule has 4 aromatic rings. The first kappa shape index (κ1) is 20.9. The van der Waals surface area contributed by atoms with Gasteiger partial charge in [-0.1, -0.05) is 11.3 Å². The number of aromatic amines is 1. The number of aromatic nitrogens is 5. The van der Waals surface area contributed by atoms with Crippen LogP contribution in [0.5, 0.6) is 5.75 Å². The Balaban J connectivity index is 1.28. The minimum absolute atomic E-state index is 0.456. The molecule has 0 aliphatic carbocycles. The summed E-state index contributed by atoms with van der Waals surface area (Å²) in [5, 5.41) is 15.0. The third-order valence-corrected chi connectivity index (χ3v) is 5.92. The number of nitrogens with one attached hydrogen (secondary N) is 3. The molecular formula is C22H25N9O2. The van der Waals surface area contributed by atoms with E-state index in [2.05, 4.69) is 48.0 Å². The average Bonchev–Trinajstić information content (AvgIpc) is 3.58. The molecule has 0 atom stereocenters. The van der Waals surface area contributed by atoms with E-state index in [0.29, 0.717) is 35.3 Å². The zero-order valence-corrected chi connectivity index (χ0v) is 18.3. The van der Waals surface area contributed by atoms with Crippen LogP contribution >= 0.6 is 0 Å². The molecule has 0 fully saturated rings. The summed E-state index contributed by atoms with van der Waals surface area (Å²) >= 11 is 0. The largest absolute Gasteiger partial charge is 0.497 e. The van der Waals surface area contributed by atoms with Crippen LogP contribution in [0.1, 0.15) is 11.1 Å². The molecule has 5 rings (SSSR count). The van der Waals surface area contributed by atoms with Crippen molar-refractivity contribution in [2.24, 2.45) is 5.22 Å². The lowest BCUT2D eigenvalue weighted by Crippen LogP contribution is -2.30. The van der Waals surface area contributed by atoms with Gasteiger partial charge in [0.2, 0.25) is 5.82 Å². The van der Waals surface area contributed by atoms with Gasteiger partial charge in [0.05, 0.1) is 31.7 Å². The molecule has 0 radical (unpaired) electrons. The molecule has 1 aliphatic heterocycles. The van der Waals surface area contributed by atoms with E-state index in [4.69, 9.17) is 14.7 Å². The van der Waals surface area contributed by atoms with Gasteiger partial charge in [-0.25, -0.2) is 15.1 Å². The van der Waals surface area contributed by atoms with Crippen molar-refractivity contribution in [3.63, 3.8) is 0 Å². The molecule has 0 saturated heterocycles. The van der Waals surface area contributed by atoms with E-state index < -0.39 is 0 Å². The monoisotopic (exact) mass is 447 g/mol. The van der Waals surface area contributed by atoms with Gasteiger partial charge in [-0.2, -0.15) is 10.6 Å². The van der Waals surface area contributed by atoms with Crippen molar-refractivity contribution in [2.75, 3.05) is 32.2 Å². The van der Waals surface area contributed by atoms with E-state index >= 15 is 0 Å². The van der Waals surface area contributed by atoms with Gasteiger partial charge in [-0.05, 0) is 48.2 Å². The van der Waals surface area contributed by atoms with Crippen LogP contribution in [0.25, 0.3) is 23.0 Å². The zero-order valence-electron chi connectivity index (χ0n) is 18.3. The van der Waals surface area contributed by atoms with E-state index in [1.54, 1.807) is 31.7 Å². The van der Waals surface area contributed by atoms with Gasteiger partial charge < -0.3 is 14.1 Å². The van der Waals surface area contributed by atoms with E-state index in [0.717, 1.165) is 38.2 Å². The lowest BCUT2D eigenvalue weighted by atomic mass is 10.0. The van der Waals surface area contributed by atoms with Gasteiger partial charge in [0.15, 0.2) is 17.4 Å². The van der Waals surface area contributed by atoms with Crippen molar-refractivity contribution >= 4 is 5.82 Å². The summed E-state index contributed by atoms with van der Waals surface area (Å²) in [7, 11) is 1.70. The Kier molecular flexibility index (Phi) is 5.85. The quantitative estimate of drug-likeness (QED) is 0.278. The van der Waals surface area contributed by atoms with Gasteiger partial charge in [0, 0.05) is 19.6 Å². The molecule has 0 unspecified atom stereocenters. The molecule has 170 valence electrons. The van der Waals surface area contributed by atoms with Crippen LogP contribution in [0.2, 0.25) is 0 Å². The molecule has 0 saturated carbocycles. The number of benzene rings is 1. The van der Waals surface area contributed by atoms with Crippen LogP contribution in [-0.4, -0.2) is 56.6 Å². The first-order chi connectivity index (χ1) is 16.2. The molecule has 0 bridgehead atoms. The average molecular weight is 448 g/mol. The Hall–Kier alpha value is -3.99. The predicted octanol–water partition coefficient (Wildman–Crippen LogP) is 3.40. The Labute approximate surface area is 190 Å². The molecular weight excluding hydrogens is 422 g/mol. The third-order valence-electron chi connectivity index (χ3n) is 5.92. The van der Waals surface area contributed by atoms with Gasteiger partial charge >= 0.3 is 0 Å². The standard InChI is InChI=1S/C22H25N9O2/c1-32-17-5-4-15-6-8-30(9-7-16(15)13-17)10-11-31-22(28-29-23)18(14-24-31)20-25-21(27-26-20)19-3-2-12-33-19/h2-5,12-14H,6-11H2,1H3,(H2,23,28)(H,25,26,27). The molecule has 4 heterocycles. The molecule has 11 heteroatoms. The maximum absolute atomic E-state index is 7.31. The number of anilines is 1. The van der Waals surface area contributed by atoms with Crippen LogP contribution in [0.15, 0.2) is 52.4 Å². The Morgan fingerprint density at radius 3 is 2.88 bits per heavy atom. The second-order valence-corrected chi connectivity index (χ2v) is 7.81. The van der Waals surface area contributed by atoms with Gasteiger partial charge in [-0.15, -0.1) is 5.10 Å². The van der Waals surface area contributed by atoms with E-state index in [1.165, 1.54) is 11.1 Å². The second-order valence-electron chi connectivity index (χ2n) is 7.81. The number of furan rings is 1. The summed E-state index contributed by atoms with van der Waals surface area (Å²) in [5.41, 5.74) is 13.5. The number of hydrogen-bond donors (Lipinski definition) is 3. The molecule has 11 nitrogen and oxygen atoms in total. The van der Waals surface area contributed by atoms with E-state index in [-0.39, 0.29) is 0 Å². The summed E-state index contributed by atoms with van der Waals surface area (Å²) in [6.07, 6.45) is 5.26. The number of fused-ring (bicyclic) bond motifs is 1. The van der Waals surface area contributed by atoms with Crippen LogP contribution in [-0.2, 0) is 19.4 Å². The fourth-order valence-electron chi connectivity index (χ4n) is 4.13. The Morgan fingerprint density at radius 2 is 2.09 bits per heavy atom.